The number of nitriles is 1. The predicted octanol–water partition coefficient (Wildman–Crippen LogP) is 6.64. The van der Waals surface area contributed by atoms with Crippen LogP contribution in [-0.2, 0) is 0 Å². The SMILES string of the molecule is CCC(CC)Oc1cc2c(Nc3cc(-c4cccc(C#N)c4F)ccc3OC)ncnc2cc1OC. The van der Waals surface area contributed by atoms with Crippen molar-refractivity contribution in [2.75, 3.05) is 19.5 Å². The van der Waals surface area contributed by atoms with E-state index in [0.29, 0.717) is 45.4 Å². The van der Waals surface area contributed by atoms with Gasteiger partial charge in [0.15, 0.2) is 11.5 Å². The van der Waals surface area contributed by atoms with Gasteiger partial charge in [0.25, 0.3) is 0 Å². The zero-order valence-electron chi connectivity index (χ0n) is 20.6. The highest BCUT2D eigenvalue weighted by Gasteiger charge is 2.17. The average molecular weight is 487 g/mol. The quantitative estimate of drug-likeness (QED) is 0.284. The van der Waals surface area contributed by atoms with Crippen LogP contribution in [0.25, 0.3) is 22.0 Å². The summed E-state index contributed by atoms with van der Waals surface area (Å²) >= 11 is 0. The number of methoxy groups -OCH3 is 2. The second-order valence-corrected chi connectivity index (χ2v) is 8.12. The average Bonchev–Trinajstić information content (AvgIpc) is 2.91. The van der Waals surface area contributed by atoms with E-state index in [4.69, 9.17) is 14.2 Å². The van der Waals surface area contributed by atoms with Gasteiger partial charge in [0.1, 0.15) is 29.8 Å². The van der Waals surface area contributed by atoms with Crippen LogP contribution in [-0.4, -0.2) is 30.3 Å². The zero-order chi connectivity index (χ0) is 25.7. The largest absolute Gasteiger partial charge is 0.495 e. The first-order valence-electron chi connectivity index (χ1n) is 11.7. The van der Waals surface area contributed by atoms with E-state index >= 15 is 0 Å². The molecule has 8 heteroatoms. The Morgan fingerprint density at radius 3 is 2.44 bits per heavy atom. The molecule has 0 aliphatic carbocycles. The number of nitrogens with zero attached hydrogens (tertiary/aromatic N) is 3. The van der Waals surface area contributed by atoms with Crippen LogP contribution in [0.5, 0.6) is 17.2 Å². The normalized spacial score (nSPS) is 10.8. The molecule has 1 N–H and O–H groups in total. The van der Waals surface area contributed by atoms with Crippen molar-refractivity contribution in [1.29, 1.82) is 5.26 Å². The van der Waals surface area contributed by atoms with Crippen LogP contribution in [0.4, 0.5) is 15.9 Å². The van der Waals surface area contributed by atoms with E-state index in [1.54, 1.807) is 44.6 Å². The lowest BCUT2D eigenvalue weighted by Gasteiger charge is -2.19. The Labute approximate surface area is 209 Å². The van der Waals surface area contributed by atoms with Crippen LogP contribution >= 0.6 is 0 Å². The van der Waals surface area contributed by atoms with Gasteiger partial charge in [0, 0.05) is 17.0 Å². The molecule has 0 unspecified atom stereocenters. The number of anilines is 2. The van der Waals surface area contributed by atoms with Gasteiger partial charge >= 0.3 is 0 Å². The lowest BCUT2D eigenvalue weighted by Crippen LogP contribution is -2.14. The minimum Gasteiger partial charge on any atom is -0.495 e. The summed E-state index contributed by atoms with van der Waals surface area (Å²) in [5.74, 6) is 1.70. The fraction of sp³-hybridized carbons (Fsp3) is 0.250. The standard InChI is InChI=1S/C28H27FN4O3/c1-5-19(6-2)36-26-13-21-22(14-25(26)35-4)31-16-32-28(21)33-23-12-17(10-11-24(23)34-3)20-9-7-8-18(15-30)27(20)29/h7-14,16,19H,5-6H2,1-4H3,(H,31,32,33). The van der Waals surface area contributed by atoms with Gasteiger partial charge in [-0.2, -0.15) is 5.26 Å². The van der Waals surface area contributed by atoms with Gasteiger partial charge < -0.3 is 19.5 Å². The molecule has 0 aliphatic heterocycles. The Bertz CT molecular complexity index is 1430. The minimum absolute atomic E-state index is 0.0152. The molecule has 0 saturated heterocycles. The molecule has 0 atom stereocenters. The predicted molar refractivity (Wildman–Crippen MR) is 137 cm³/mol. The molecule has 0 spiro atoms. The monoisotopic (exact) mass is 486 g/mol. The zero-order valence-corrected chi connectivity index (χ0v) is 20.6. The summed E-state index contributed by atoms with van der Waals surface area (Å²) in [5.41, 5.74) is 2.14. The number of ether oxygens (including phenoxy) is 3. The molecule has 0 saturated carbocycles. The van der Waals surface area contributed by atoms with Crippen molar-refractivity contribution < 1.29 is 18.6 Å². The van der Waals surface area contributed by atoms with Gasteiger partial charge in [-0.25, -0.2) is 14.4 Å². The third kappa shape index (κ3) is 4.86. The van der Waals surface area contributed by atoms with Gasteiger partial charge in [0.05, 0.1) is 37.1 Å². The molecule has 184 valence electrons. The van der Waals surface area contributed by atoms with Crippen LogP contribution < -0.4 is 19.5 Å². The fourth-order valence-corrected chi connectivity index (χ4v) is 3.99. The van der Waals surface area contributed by atoms with Gasteiger partial charge in [-0.05, 0) is 42.7 Å². The van der Waals surface area contributed by atoms with Crippen molar-refractivity contribution in [1.82, 2.24) is 9.97 Å². The van der Waals surface area contributed by atoms with E-state index < -0.39 is 5.82 Å². The number of nitrogens with one attached hydrogen (secondary N) is 1. The van der Waals surface area contributed by atoms with Gasteiger partial charge in [-0.15, -0.1) is 0 Å². The number of benzene rings is 3. The number of hydrogen-bond acceptors (Lipinski definition) is 7. The second-order valence-electron chi connectivity index (χ2n) is 8.12. The molecule has 36 heavy (non-hydrogen) atoms. The molecule has 0 fully saturated rings. The van der Waals surface area contributed by atoms with E-state index in [1.165, 1.54) is 12.4 Å². The van der Waals surface area contributed by atoms with Crippen LogP contribution in [0.2, 0.25) is 0 Å². The molecule has 0 bridgehead atoms. The highest BCUT2D eigenvalue weighted by atomic mass is 19.1. The molecule has 0 amide bonds. The Kier molecular flexibility index (Phi) is 7.50. The maximum Gasteiger partial charge on any atom is 0.162 e. The fourth-order valence-electron chi connectivity index (χ4n) is 3.99. The second kappa shape index (κ2) is 10.9. The van der Waals surface area contributed by atoms with Gasteiger partial charge in [-0.1, -0.05) is 32.0 Å². The van der Waals surface area contributed by atoms with E-state index in [0.717, 1.165) is 18.2 Å². The minimum atomic E-state index is -0.570. The van der Waals surface area contributed by atoms with Crippen LogP contribution in [0.3, 0.4) is 0 Å². The van der Waals surface area contributed by atoms with E-state index in [2.05, 4.69) is 29.1 Å². The number of rotatable bonds is 9. The number of halogens is 1. The van der Waals surface area contributed by atoms with Crippen molar-refractivity contribution in [2.24, 2.45) is 0 Å². The first-order chi connectivity index (χ1) is 17.5. The molecule has 0 aliphatic rings. The van der Waals surface area contributed by atoms with E-state index in [9.17, 15) is 9.65 Å². The Morgan fingerprint density at radius 1 is 0.972 bits per heavy atom. The molecule has 3 aromatic carbocycles. The molecular formula is C28H27FN4O3. The summed E-state index contributed by atoms with van der Waals surface area (Å²) in [5, 5.41) is 13.2. The lowest BCUT2D eigenvalue weighted by atomic mass is 10.0. The van der Waals surface area contributed by atoms with Crippen molar-refractivity contribution in [2.45, 2.75) is 32.8 Å². The first kappa shape index (κ1) is 24.7. The molecular weight excluding hydrogens is 459 g/mol. The summed E-state index contributed by atoms with van der Waals surface area (Å²) < 4.78 is 32.2. The Hall–Kier alpha value is -4.38. The summed E-state index contributed by atoms with van der Waals surface area (Å²) in [6, 6.07) is 15.5. The van der Waals surface area contributed by atoms with Crippen LogP contribution in [0, 0.1) is 17.1 Å². The van der Waals surface area contributed by atoms with E-state index in [-0.39, 0.29) is 11.7 Å². The third-order valence-electron chi connectivity index (χ3n) is 6.01. The van der Waals surface area contributed by atoms with Crippen molar-refractivity contribution in [3.05, 3.63) is 66.2 Å². The molecule has 0 radical (unpaired) electrons. The molecule has 4 rings (SSSR count). The van der Waals surface area contributed by atoms with Crippen molar-refractivity contribution >= 4 is 22.4 Å². The van der Waals surface area contributed by atoms with Gasteiger partial charge in [0.2, 0.25) is 0 Å². The Balaban J connectivity index is 1.80. The maximum atomic E-state index is 14.9. The van der Waals surface area contributed by atoms with E-state index in [1.807, 2.05) is 18.2 Å². The number of fused-ring (bicyclic) bond motifs is 1. The highest BCUT2D eigenvalue weighted by Crippen LogP contribution is 2.38. The first-order valence-corrected chi connectivity index (χ1v) is 11.7. The highest BCUT2D eigenvalue weighted by molar-refractivity contribution is 5.93. The number of hydrogen-bond donors (Lipinski definition) is 1. The Morgan fingerprint density at radius 2 is 1.75 bits per heavy atom. The van der Waals surface area contributed by atoms with Gasteiger partial charge in [-0.3, -0.25) is 0 Å². The third-order valence-corrected chi connectivity index (χ3v) is 6.01. The summed E-state index contributed by atoms with van der Waals surface area (Å²) in [6.45, 7) is 4.15. The molecule has 1 heterocycles. The van der Waals surface area contributed by atoms with Crippen molar-refractivity contribution in [3.8, 4) is 34.4 Å². The smallest absolute Gasteiger partial charge is 0.162 e. The molecule has 1 aromatic heterocycles. The van der Waals surface area contributed by atoms with Crippen molar-refractivity contribution in [3.63, 3.8) is 0 Å². The molecule has 7 nitrogen and oxygen atoms in total. The number of aromatic nitrogens is 2. The topological polar surface area (TPSA) is 89.3 Å². The summed E-state index contributed by atoms with van der Waals surface area (Å²) in [7, 11) is 3.15. The maximum absolute atomic E-state index is 14.9. The van der Waals surface area contributed by atoms with Crippen LogP contribution in [0.1, 0.15) is 32.3 Å². The summed E-state index contributed by atoms with van der Waals surface area (Å²) in [6.07, 6.45) is 3.23. The van der Waals surface area contributed by atoms with Crippen LogP contribution in [0.15, 0.2) is 54.9 Å². The lowest BCUT2D eigenvalue weighted by molar-refractivity contribution is 0.185. The molecule has 4 aromatic rings. The summed E-state index contributed by atoms with van der Waals surface area (Å²) in [4.78, 5) is 8.84.